The maximum absolute atomic E-state index is 12.5. The summed E-state index contributed by atoms with van der Waals surface area (Å²) in [5.74, 6) is -0.253. The van der Waals surface area contributed by atoms with Gasteiger partial charge in [0.1, 0.15) is 6.10 Å². The Morgan fingerprint density at radius 1 is 1.00 bits per heavy atom. The van der Waals surface area contributed by atoms with Gasteiger partial charge in [0.15, 0.2) is 5.78 Å². The van der Waals surface area contributed by atoms with Crippen LogP contribution in [0.5, 0.6) is 0 Å². The topological polar surface area (TPSA) is 37.3 Å². The largest absolute Gasteiger partial charge is 0.380 e. The van der Waals surface area contributed by atoms with E-state index in [1.165, 1.54) is 11.8 Å². The number of aliphatic hydroxyl groups excluding tert-OH is 1. The summed E-state index contributed by atoms with van der Waals surface area (Å²) in [7, 11) is 0. The number of hydrogen-bond acceptors (Lipinski definition) is 4. The second-order valence-electron chi connectivity index (χ2n) is 4.22. The third-order valence-corrected chi connectivity index (χ3v) is 4.79. The summed E-state index contributed by atoms with van der Waals surface area (Å²) in [4.78, 5) is 14.5. The van der Waals surface area contributed by atoms with Crippen LogP contribution in [-0.4, -0.2) is 23.4 Å². The standard InChI is InChI=1S/C16H16O2S2/c1-19-13-10-6-9-12(16(13)20-2)15(18)14(17)11-7-4-3-5-8-11/h3-10,14,17H,1-2H3. The number of thioether (sulfide) groups is 2. The number of Topliss-reactive ketones (excluding diaryl/α,β-unsaturated/α-hetero) is 1. The molecule has 0 bridgehead atoms. The fourth-order valence-corrected chi connectivity index (χ4v) is 3.68. The molecule has 0 saturated heterocycles. The van der Waals surface area contributed by atoms with Gasteiger partial charge in [-0.15, -0.1) is 23.5 Å². The summed E-state index contributed by atoms with van der Waals surface area (Å²) >= 11 is 3.14. The van der Waals surface area contributed by atoms with Gasteiger partial charge in [0, 0.05) is 15.4 Å². The fourth-order valence-electron chi connectivity index (χ4n) is 2.02. The van der Waals surface area contributed by atoms with E-state index in [1.54, 1.807) is 30.0 Å². The van der Waals surface area contributed by atoms with Gasteiger partial charge in [0.25, 0.3) is 0 Å². The van der Waals surface area contributed by atoms with Crippen LogP contribution < -0.4 is 0 Å². The van der Waals surface area contributed by atoms with E-state index in [1.807, 2.05) is 42.8 Å². The van der Waals surface area contributed by atoms with Crippen molar-refractivity contribution in [1.82, 2.24) is 0 Å². The molecular weight excluding hydrogens is 288 g/mol. The fraction of sp³-hybridized carbons (Fsp3) is 0.188. The van der Waals surface area contributed by atoms with E-state index >= 15 is 0 Å². The monoisotopic (exact) mass is 304 g/mol. The average molecular weight is 304 g/mol. The van der Waals surface area contributed by atoms with Gasteiger partial charge in [-0.25, -0.2) is 0 Å². The van der Waals surface area contributed by atoms with Gasteiger partial charge in [0.2, 0.25) is 0 Å². The molecule has 0 amide bonds. The Morgan fingerprint density at radius 3 is 2.30 bits per heavy atom. The van der Waals surface area contributed by atoms with E-state index in [-0.39, 0.29) is 5.78 Å². The smallest absolute Gasteiger partial charge is 0.196 e. The van der Waals surface area contributed by atoms with Crippen LogP contribution in [0.3, 0.4) is 0 Å². The summed E-state index contributed by atoms with van der Waals surface area (Å²) in [6.07, 6.45) is 2.82. The van der Waals surface area contributed by atoms with Crippen molar-refractivity contribution in [1.29, 1.82) is 0 Å². The van der Waals surface area contributed by atoms with Gasteiger partial charge >= 0.3 is 0 Å². The number of hydrogen-bond donors (Lipinski definition) is 1. The Kier molecular flexibility index (Phi) is 5.29. The van der Waals surface area contributed by atoms with Gasteiger partial charge in [-0.2, -0.15) is 0 Å². The molecule has 0 radical (unpaired) electrons. The van der Waals surface area contributed by atoms with Crippen LogP contribution in [0.4, 0.5) is 0 Å². The third-order valence-electron chi connectivity index (χ3n) is 3.03. The molecule has 104 valence electrons. The molecule has 1 unspecified atom stereocenters. The molecule has 1 N–H and O–H groups in total. The SMILES string of the molecule is CSc1cccc(C(=O)C(O)c2ccccc2)c1SC. The van der Waals surface area contributed by atoms with Crippen molar-refractivity contribution in [3.05, 3.63) is 59.7 Å². The molecule has 0 heterocycles. The van der Waals surface area contributed by atoms with Gasteiger partial charge in [-0.3, -0.25) is 4.79 Å². The van der Waals surface area contributed by atoms with Gasteiger partial charge in [0.05, 0.1) is 0 Å². The van der Waals surface area contributed by atoms with Crippen LogP contribution >= 0.6 is 23.5 Å². The lowest BCUT2D eigenvalue weighted by Gasteiger charge is -2.14. The predicted octanol–water partition coefficient (Wildman–Crippen LogP) is 4.05. The quantitative estimate of drug-likeness (QED) is 0.668. The van der Waals surface area contributed by atoms with Crippen LogP contribution in [0, 0.1) is 0 Å². The summed E-state index contributed by atoms with van der Waals surface area (Å²) < 4.78 is 0. The van der Waals surface area contributed by atoms with Crippen molar-refractivity contribution < 1.29 is 9.90 Å². The molecule has 0 aromatic heterocycles. The minimum atomic E-state index is -1.11. The molecule has 0 fully saturated rings. The van der Waals surface area contributed by atoms with Crippen molar-refractivity contribution in [3.8, 4) is 0 Å². The van der Waals surface area contributed by atoms with Crippen LogP contribution in [-0.2, 0) is 0 Å². The zero-order valence-electron chi connectivity index (χ0n) is 11.4. The van der Waals surface area contributed by atoms with Crippen LogP contribution in [0.1, 0.15) is 22.0 Å². The van der Waals surface area contributed by atoms with Crippen LogP contribution in [0.15, 0.2) is 58.3 Å². The molecule has 2 aromatic rings. The van der Waals surface area contributed by atoms with Crippen molar-refractivity contribution >= 4 is 29.3 Å². The summed E-state index contributed by atoms with van der Waals surface area (Å²) in [5, 5.41) is 10.3. The van der Waals surface area contributed by atoms with Crippen molar-refractivity contribution in [2.24, 2.45) is 0 Å². The lowest BCUT2D eigenvalue weighted by atomic mass is 10.00. The molecule has 0 aliphatic rings. The first-order valence-corrected chi connectivity index (χ1v) is 8.62. The van der Waals surface area contributed by atoms with Crippen LogP contribution in [0.25, 0.3) is 0 Å². The van der Waals surface area contributed by atoms with Crippen molar-refractivity contribution in [2.45, 2.75) is 15.9 Å². The third kappa shape index (κ3) is 3.08. The Bertz CT molecular complexity index is 597. The molecule has 4 heteroatoms. The van der Waals surface area contributed by atoms with Crippen molar-refractivity contribution in [3.63, 3.8) is 0 Å². The van der Waals surface area contributed by atoms with E-state index in [0.29, 0.717) is 11.1 Å². The first-order valence-electron chi connectivity index (χ1n) is 6.17. The highest BCUT2D eigenvalue weighted by Gasteiger charge is 2.22. The number of aliphatic hydroxyl groups is 1. The highest BCUT2D eigenvalue weighted by atomic mass is 32.2. The number of benzene rings is 2. The maximum Gasteiger partial charge on any atom is 0.196 e. The molecule has 2 nitrogen and oxygen atoms in total. The van der Waals surface area contributed by atoms with E-state index < -0.39 is 6.10 Å². The molecule has 1 atom stereocenters. The van der Waals surface area contributed by atoms with E-state index in [4.69, 9.17) is 0 Å². The maximum atomic E-state index is 12.5. The number of rotatable bonds is 5. The minimum Gasteiger partial charge on any atom is -0.380 e. The molecule has 20 heavy (non-hydrogen) atoms. The lowest BCUT2D eigenvalue weighted by Crippen LogP contribution is -2.13. The zero-order valence-corrected chi connectivity index (χ0v) is 13.0. The summed E-state index contributed by atoms with van der Waals surface area (Å²) in [5.41, 5.74) is 1.21. The number of carbonyl (C=O) groups excluding carboxylic acids is 1. The molecule has 0 spiro atoms. The Morgan fingerprint density at radius 2 is 1.70 bits per heavy atom. The normalized spacial score (nSPS) is 12.2. The molecule has 2 aromatic carbocycles. The summed E-state index contributed by atoms with van der Waals surface area (Å²) in [6, 6.07) is 14.7. The first kappa shape index (κ1) is 15.2. The lowest BCUT2D eigenvalue weighted by molar-refractivity contribution is 0.0744. The Hall–Kier alpha value is -1.23. The molecular formula is C16H16O2S2. The van der Waals surface area contributed by atoms with Gasteiger partial charge in [-0.1, -0.05) is 42.5 Å². The average Bonchev–Trinajstić information content (AvgIpc) is 2.53. The Balaban J connectivity index is 2.39. The molecule has 0 aliphatic carbocycles. The zero-order chi connectivity index (χ0) is 14.5. The summed E-state index contributed by atoms with van der Waals surface area (Å²) in [6.45, 7) is 0. The Labute approximate surface area is 127 Å². The minimum absolute atomic E-state index is 0.253. The second kappa shape index (κ2) is 6.97. The van der Waals surface area contributed by atoms with Gasteiger partial charge in [-0.05, 0) is 24.1 Å². The van der Waals surface area contributed by atoms with E-state index in [0.717, 1.165) is 9.79 Å². The van der Waals surface area contributed by atoms with Crippen molar-refractivity contribution in [2.75, 3.05) is 12.5 Å². The second-order valence-corrected chi connectivity index (χ2v) is 5.88. The van der Waals surface area contributed by atoms with E-state index in [9.17, 15) is 9.90 Å². The highest BCUT2D eigenvalue weighted by molar-refractivity contribution is 8.01. The van der Waals surface area contributed by atoms with E-state index in [2.05, 4.69) is 0 Å². The van der Waals surface area contributed by atoms with Gasteiger partial charge < -0.3 is 5.11 Å². The first-order chi connectivity index (χ1) is 9.69. The van der Waals surface area contributed by atoms with Crippen LogP contribution in [0.2, 0.25) is 0 Å². The number of carbonyl (C=O) groups is 1. The number of ketones is 1. The molecule has 0 saturated carbocycles. The molecule has 2 rings (SSSR count). The highest BCUT2D eigenvalue weighted by Crippen LogP contribution is 2.33. The predicted molar refractivity (Wildman–Crippen MR) is 85.7 cm³/mol. The molecule has 0 aliphatic heterocycles.